The minimum Gasteiger partial charge on any atom is -0.481 e. The molecule has 1 aliphatic heterocycles. The van der Waals surface area contributed by atoms with E-state index in [-0.39, 0.29) is 24.4 Å². The molecule has 2 atom stereocenters. The van der Waals surface area contributed by atoms with Crippen LogP contribution in [0.1, 0.15) is 27.2 Å². The zero-order chi connectivity index (χ0) is 15.3. The lowest BCUT2D eigenvalue weighted by atomic mass is 9.96. The molecule has 3 amide bonds. The Labute approximate surface area is 118 Å². The van der Waals surface area contributed by atoms with Gasteiger partial charge >= 0.3 is 12.0 Å². The van der Waals surface area contributed by atoms with E-state index in [1.807, 2.05) is 6.92 Å². The fraction of sp³-hybridized carbons (Fsp3) is 0.769. The molecule has 1 saturated heterocycles. The van der Waals surface area contributed by atoms with Gasteiger partial charge in [0.1, 0.15) is 6.04 Å². The van der Waals surface area contributed by atoms with E-state index in [1.165, 1.54) is 4.90 Å². The Balaban J connectivity index is 2.61. The van der Waals surface area contributed by atoms with Gasteiger partial charge in [0.15, 0.2) is 0 Å². The van der Waals surface area contributed by atoms with Crippen LogP contribution in [0.2, 0.25) is 0 Å². The highest BCUT2D eigenvalue weighted by Crippen LogP contribution is 2.12. The molecule has 0 aromatic heterocycles. The van der Waals surface area contributed by atoms with Crippen molar-refractivity contribution in [3.8, 4) is 0 Å². The van der Waals surface area contributed by atoms with Gasteiger partial charge in [-0.25, -0.2) is 4.79 Å². The number of carboxylic acid groups (broad SMARTS) is 1. The summed E-state index contributed by atoms with van der Waals surface area (Å²) in [5.41, 5.74) is 0. The van der Waals surface area contributed by atoms with Crippen molar-refractivity contribution in [3.63, 3.8) is 0 Å². The molecule has 20 heavy (non-hydrogen) atoms. The highest BCUT2D eigenvalue weighted by atomic mass is 16.4. The monoisotopic (exact) mass is 285 g/mol. The Bertz CT molecular complexity index is 384. The van der Waals surface area contributed by atoms with Gasteiger partial charge in [-0.15, -0.1) is 0 Å². The SMILES string of the molecule is CCC1C(=O)NCCN1C(=O)NCC(C(=O)O)C(C)C. The molecule has 1 aliphatic rings. The minimum atomic E-state index is -0.927. The first kappa shape index (κ1) is 16.3. The number of hydrogen-bond donors (Lipinski definition) is 3. The molecule has 7 nitrogen and oxygen atoms in total. The van der Waals surface area contributed by atoms with Crippen LogP contribution in [0.4, 0.5) is 4.79 Å². The number of urea groups is 1. The third-order valence-corrected chi connectivity index (χ3v) is 3.57. The maximum Gasteiger partial charge on any atom is 0.318 e. The van der Waals surface area contributed by atoms with Crippen molar-refractivity contribution in [1.82, 2.24) is 15.5 Å². The van der Waals surface area contributed by atoms with Crippen LogP contribution < -0.4 is 10.6 Å². The van der Waals surface area contributed by atoms with Gasteiger partial charge in [0.05, 0.1) is 5.92 Å². The van der Waals surface area contributed by atoms with E-state index in [2.05, 4.69) is 10.6 Å². The van der Waals surface area contributed by atoms with E-state index in [0.717, 1.165) is 0 Å². The van der Waals surface area contributed by atoms with E-state index in [1.54, 1.807) is 13.8 Å². The number of amides is 3. The summed E-state index contributed by atoms with van der Waals surface area (Å²) in [5.74, 6) is -1.78. The average Bonchev–Trinajstić information content (AvgIpc) is 2.37. The van der Waals surface area contributed by atoms with Gasteiger partial charge in [0.25, 0.3) is 0 Å². The molecule has 2 unspecified atom stereocenters. The summed E-state index contributed by atoms with van der Waals surface area (Å²) < 4.78 is 0. The predicted molar refractivity (Wildman–Crippen MR) is 73.2 cm³/mol. The Morgan fingerprint density at radius 1 is 1.50 bits per heavy atom. The van der Waals surface area contributed by atoms with Crippen molar-refractivity contribution in [3.05, 3.63) is 0 Å². The smallest absolute Gasteiger partial charge is 0.318 e. The fourth-order valence-electron chi connectivity index (χ4n) is 2.27. The van der Waals surface area contributed by atoms with E-state index < -0.39 is 17.9 Å². The standard InChI is InChI=1S/C13H23N3O4/c1-4-10-11(17)14-5-6-16(10)13(20)15-7-9(8(2)3)12(18)19/h8-10H,4-7H2,1-3H3,(H,14,17)(H,15,20)(H,18,19). The topological polar surface area (TPSA) is 98.7 Å². The van der Waals surface area contributed by atoms with Crippen molar-refractivity contribution in [1.29, 1.82) is 0 Å². The third kappa shape index (κ3) is 3.85. The maximum absolute atomic E-state index is 12.1. The molecule has 1 rings (SSSR count). The zero-order valence-electron chi connectivity index (χ0n) is 12.2. The van der Waals surface area contributed by atoms with Gasteiger partial charge < -0.3 is 20.6 Å². The largest absolute Gasteiger partial charge is 0.481 e. The minimum absolute atomic E-state index is 0.0698. The zero-order valence-corrected chi connectivity index (χ0v) is 12.2. The second kappa shape index (κ2) is 7.12. The normalized spacial score (nSPS) is 20.5. The van der Waals surface area contributed by atoms with Gasteiger partial charge in [0, 0.05) is 19.6 Å². The summed E-state index contributed by atoms with van der Waals surface area (Å²) in [6.07, 6.45) is 0.534. The molecule has 0 aliphatic carbocycles. The van der Waals surface area contributed by atoms with Crippen LogP contribution in [0.3, 0.4) is 0 Å². The lowest BCUT2D eigenvalue weighted by Crippen LogP contribution is -2.59. The fourth-order valence-corrected chi connectivity index (χ4v) is 2.27. The van der Waals surface area contributed by atoms with E-state index >= 15 is 0 Å². The molecule has 7 heteroatoms. The molecular weight excluding hydrogens is 262 g/mol. The van der Waals surface area contributed by atoms with Crippen molar-refractivity contribution >= 4 is 17.9 Å². The number of carbonyl (C=O) groups excluding carboxylic acids is 2. The number of hydrogen-bond acceptors (Lipinski definition) is 3. The van der Waals surface area contributed by atoms with Gasteiger partial charge in [-0.05, 0) is 12.3 Å². The second-order valence-corrected chi connectivity index (χ2v) is 5.28. The molecule has 0 radical (unpaired) electrons. The predicted octanol–water partition coefficient (Wildman–Crippen LogP) is 0.263. The molecule has 0 saturated carbocycles. The van der Waals surface area contributed by atoms with E-state index in [9.17, 15) is 14.4 Å². The number of carbonyl (C=O) groups is 3. The molecule has 3 N–H and O–H groups in total. The van der Waals surface area contributed by atoms with Gasteiger partial charge in [-0.1, -0.05) is 20.8 Å². The molecule has 114 valence electrons. The molecule has 0 aromatic rings. The summed E-state index contributed by atoms with van der Waals surface area (Å²) in [7, 11) is 0. The number of piperazine rings is 1. The van der Waals surface area contributed by atoms with Crippen LogP contribution in [0.5, 0.6) is 0 Å². The average molecular weight is 285 g/mol. The third-order valence-electron chi connectivity index (χ3n) is 3.57. The first-order chi connectivity index (χ1) is 9.38. The highest BCUT2D eigenvalue weighted by Gasteiger charge is 2.32. The number of rotatable bonds is 5. The van der Waals surface area contributed by atoms with Crippen molar-refractivity contribution < 1.29 is 19.5 Å². The van der Waals surface area contributed by atoms with Gasteiger partial charge in [-0.2, -0.15) is 0 Å². The Morgan fingerprint density at radius 3 is 2.65 bits per heavy atom. The van der Waals surface area contributed by atoms with Gasteiger partial charge in [0.2, 0.25) is 5.91 Å². The molecule has 0 bridgehead atoms. The Morgan fingerprint density at radius 2 is 2.15 bits per heavy atom. The quantitative estimate of drug-likeness (QED) is 0.675. The summed E-state index contributed by atoms with van der Waals surface area (Å²) >= 11 is 0. The number of nitrogens with zero attached hydrogens (tertiary/aromatic N) is 1. The number of aliphatic carboxylic acids is 1. The van der Waals surface area contributed by atoms with Crippen molar-refractivity contribution in [2.45, 2.75) is 33.2 Å². The maximum atomic E-state index is 12.1. The van der Waals surface area contributed by atoms with E-state index in [4.69, 9.17) is 5.11 Å². The van der Waals surface area contributed by atoms with Crippen molar-refractivity contribution in [2.24, 2.45) is 11.8 Å². The first-order valence-electron chi connectivity index (χ1n) is 6.93. The van der Waals surface area contributed by atoms with E-state index in [0.29, 0.717) is 19.5 Å². The molecule has 1 fully saturated rings. The van der Waals surface area contributed by atoms with Crippen LogP contribution in [-0.2, 0) is 9.59 Å². The number of carboxylic acids is 1. The molecule has 0 aromatic carbocycles. The van der Waals surface area contributed by atoms with Crippen LogP contribution in [0, 0.1) is 11.8 Å². The molecule has 1 heterocycles. The van der Waals surface area contributed by atoms with Crippen LogP contribution in [-0.4, -0.2) is 53.6 Å². The summed E-state index contributed by atoms with van der Waals surface area (Å²) in [6.45, 7) is 6.37. The first-order valence-corrected chi connectivity index (χ1v) is 6.93. The molecule has 0 spiro atoms. The van der Waals surface area contributed by atoms with Crippen molar-refractivity contribution in [2.75, 3.05) is 19.6 Å². The highest BCUT2D eigenvalue weighted by molar-refractivity contribution is 5.88. The summed E-state index contributed by atoms with van der Waals surface area (Å²) in [5, 5.41) is 14.4. The summed E-state index contributed by atoms with van der Waals surface area (Å²) in [4.78, 5) is 36.3. The van der Waals surface area contributed by atoms with Crippen LogP contribution >= 0.6 is 0 Å². The molecular formula is C13H23N3O4. The second-order valence-electron chi connectivity index (χ2n) is 5.28. The summed E-state index contributed by atoms with van der Waals surface area (Å²) in [6, 6.07) is -0.857. The van der Waals surface area contributed by atoms with Crippen LogP contribution in [0.25, 0.3) is 0 Å². The lowest BCUT2D eigenvalue weighted by molar-refractivity contribution is -0.143. The number of nitrogens with one attached hydrogen (secondary N) is 2. The van der Waals surface area contributed by atoms with Gasteiger partial charge in [-0.3, -0.25) is 9.59 Å². The Hall–Kier alpha value is -1.79. The lowest BCUT2D eigenvalue weighted by Gasteiger charge is -2.34. The van der Waals surface area contributed by atoms with Crippen LogP contribution in [0.15, 0.2) is 0 Å². The Kier molecular flexibility index (Phi) is 5.79.